The number of amides is 1. The first-order chi connectivity index (χ1) is 11.2. The summed E-state index contributed by atoms with van der Waals surface area (Å²) in [6.07, 6.45) is 2.58. The van der Waals surface area contributed by atoms with Crippen molar-refractivity contribution in [1.29, 1.82) is 0 Å². The zero-order chi connectivity index (χ0) is 16.1. The first-order valence-corrected chi connectivity index (χ1v) is 8.11. The summed E-state index contributed by atoms with van der Waals surface area (Å²) in [4.78, 5) is 17.9. The molecule has 1 unspecified atom stereocenters. The maximum atomic E-state index is 12.3. The molecule has 118 valence electrons. The van der Waals surface area contributed by atoms with Crippen molar-refractivity contribution in [3.63, 3.8) is 0 Å². The minimum Gasteiger partial charge on any atom is -0.347 e. The van der Waals surface area contributed by atoms with Gasteiger partial charge in [-0.15, -0.1) is 11.3 Å². The number of carbonyl (C=O) groups excluding carboxylic acids is 1. The predicted octanol–water partition coefficient (Wildman–Crippen LogP) is 2.48. The molecule has 0 saturated heterocycles. The van der Waals surface area contributed by atoms with E-state index < -0.39 is 0 Å². The van der Waals surface area contributed by atoms with E-state index in [1.165, 1.54) is 4.88 Å². The lowest BCUT2D eigenvalue weighted by atomic mass is 10.1. The van der Waals surface area contributed by atoms with Crippen LogP contribution >= 0.6 is 11.3 Å². The Bertz CT molecular complexity index is 756. The van der Waals surface area contributed by atoms with E-state index in [9.17, 15) is 4.79 Å². The molecule has 3 aromatic heterocycles. The van der Waals surface area contributed by atoms with E-state index in [0.29, 0.717) is 17.8 Å². The summed E-state index contributed by atoms with van der Waals surface area (Å²) >= 11 is 1.66. The standard InChI is InChI=1S/C16H16N4O2S/c1-11-14(20-22-19-11)10-16(21)18-15(9-12-5-4-8-23-12)13-6-2-3-7-17-13/h2-8,15H,9-10H2,1H3,(H,18,21). The SMILES string of the molecule is Cc1nonc1CC(=O)NC(Cc1cccs1)c1ccccn1. The Hall–Kier alpha value is -2.54. The van der Waals surface area contributed by atoms with Crippen LogP contribution in [0.4, 0.5) is 0 Å². The van der Waals surface area contributed by atoms with Crippen LogP contribution in [-0.4, -0.2) is 21.2 Å². The Labute approximate surface area is 137 Å². The molecule has 7 heteroatoms. The van der Waals surface area contributed by atoms with Gasteiger partial charge in [-0.3, -0.25) is 9.78 Å². The lowest BCUT2D eigenvalue weighted by Gasteiger charge is -2.17. The molecule has 0 aliphatic carbocycles. The monoisotopic (exact) mass is 328 g/mol. The van der Waals surface area contributed by atoms with Crippen LogP contribution in [0.25, 0.3) is 0 Å². The minimum atomic E-state index is -0.178. The van der Waals surface area contributed by atoms with E-state index in [2.05, 4.69) is 31.3 Å². The van der Waals surface area contributed by atoms with E-state index >= 15 is 0 Å². The van der Waals surface area contributed by atoms with Gasteiger partial charge in [0.25, 0.3) is 0 Å². The number of hydrogen-bond acceptors (Lipinski definition) is 6. The van der Waals surface area contributed by atoms with Crippen LogP contribution in [0.3, 0.4) is 0 Å². The third-order valence-corrected chi connectivity index (χ3v) is 4.34. The van der Waals surface area contributed by atoms with Crippen LogP contribution in [0, 0.1) is 6.92 Å². The molecule has 23 heavy (non-hydrogen) atoms. The first kappa shape index (κ1) is 15.4. The van der Waals surface area contributed by atoms with Crippen molar-refractivity contribution in [2.45, 2.75) is 25.8 Å². The van der Waals surface area contributed by atoms with Gasteiger partial charge in [-0.2, -0.15) is 0 Å². The molecular weight excluding hydrogens is 312 g/mol. The highest BCUT2D eigenvalue weighted by atomic mass is 32.1. The van der Waals surface area contributed by atoms with Crippen molar-refractivity contribution >= 4 is 17.2 Å². The van der Waals surface area contributed by atoms with Crippen LogP contribution in [0.15, 0.2) is 46.5 Å². The second-order valence-corrected chi connectivity index (χ2v) is 6.16. The number of aromatic nitrogens is 3. The average Bonchev–Trinajstić information content (AvgIpc) is 3.20. The molecule has 0 spiro atoms. The average molecular weight is 328 g/mol. The van der Waals surface area contributed by atoms with Gasteiger partial charge in [0.1, 0.15) is 11.4 Å². The Morgan fingerprint density at radius 3 is 2.87 bits per heavy atom. The predicted molar refractivity (Wildman–Crippen MR) is 85.9 cm³/mol. The summed E-state index contributed by atoms with van der Waals surface area (Å²) < 4.78 is 4.63. The molecule has 3 rings (SSSR count). The van der Waals surface area contributed by atoms with Crippen molar-refractivity contribution in [3.8, 4) is 0 Å². The third kappa shape index (κ3) is 4.01. The van der Waals surface area contributed by atoms with E-state index in [4.69, 9.17) is 0 Å². The molecule has 0 aromatic carbocycles. The smallest absolute Gasteiger partial charge is 0.226 e. The molecule has 0 radical (unpaired) electrons. The molecular formula is C16H16N4O2S. The molecule has 0 fully saturated rings. The number of carbonyl (C=O) groups is 1. The summed E-state index contributed by atoms with van der Waals surface area (Å²) in [5.74, 6) is -0.129. The summed E-state index contributed by atoms with van der Waals surface area (Å²) in [6, 6.07) is 9.57. The number of hydrogen-bond donors (Lipinski definition) is 1. The van der Waals surface area contributed by atoms with Crippen LogP contribution in [0.5, 0.6) is 0 Å². The number of thiophene rings is 1. The molecule has 3 aromatic rings. The second kappa shape index (κ2) is 7.15. The topological polar surface area (TPSA) is 80.9 Å². The van der Waals surface area contributed by atoms with Gasteiger partial charge in [-0.05, 0) is 30.5 Å². The van der Waals surface area contributed by atoms with Crippen molar-refractivity contribution in [3.05, 3.63) is 63.9 Å². The summed E-state index contributed by atoms with van der Waals surface area (Å²) in [5, 5.41) is 12.5. The molecule has 6 nitrogen and oxygen atoms in total. The van der Waals surface area contributed by atoms with Gasteiger partial charge < -0.3 is 5.32 Å². The molecule has 0 bridgehead atoms. The number of nitrogens with one attached hydrogen (secondary N) is 1. The fourth-order valence-corrected chi connectivity index (χ4v) is 3.00. The van der Waals surface area contributed by atoms with Crippen molar-refractivity contribution in [2.75, 3.05) is 0 Å². The van der Waals surface area contributed by atoms with Crippen LogP contribution in [0.2, 0.25) is 0 Å². The van der Waals surface area contributed by atoms with Crippen LogP contribution in [-0.2, 0) is 17.6 Å². The van der Waals surface area contributed by atoms with Crippen molar-refractivity contribution in [1.82, 2.24) is 20.6 Å². The van der Waals surface area contributed by atoms with Crippen molar-refractivity contribution in [2.24, 2.45) is 0 Å². The molecule has 0 aliphatic heterocycles. The van der Waals surface area contributed by atoms with Gasteiger partial charge in [0.05, 0.1) is 18.2 Å². The first-order valence-electron chi connectivity index (χ1n) is 7.23. The van der Waals surface area contributed by atoms with E-state index in [-0.39, 0.29) is 18.4 Å². The Morgan fingerprint density at radius 2 is 2.22 bits per heavy atom. The summed E-state index contributed by atoms with van der Waals surface area (Å²) in [6.45, 7) is 1.76. The highest BCUT2D eigenvalue weighted by Gasteiger charge is 2.19. The quantitative estimate of drug-likeness (QED) is 0.752. The van der Waals surface area contributed by atoms with Gasteiger partial charge >= 0.3 is 0 Å². The van der Waals surface area contributed by atoms with Gasteiger partial charge in [-0.25, -0.2) is 4.63 Å². The molecule has 0 aliphatic rings. The normalized spacial score (nSPS) is 12.0. The zero-order valence-electron chi connectivity index (χ0n) is 12.6. The van der Waals surface area contributed by atoms with Gasteiger partial charge in [0.2, 0.25) is 5.91 Å². The third-order valence-electron chi connectivity index (χ3n) is 3.44. The molecule has 0 saturated carbocycles. The van der Waals surface area contributed by atoms with Gasteiger partial charge in [0.15, 0.2) is 0 Å². The summed E-state index contributed by atoms with van der Waals surface area (Å²) in [7, 11) is 0. The zero-order valence-corrected chi connectivity index (χ0v) is 13.4. The fraction of sp³-hybridized carbons (Fsp3) is 0.250. The number of nitrogens with zero attached hydrogens (tertiary/aromatic N) is 3. The molecule has 1 amide bonds. The Kier molecular flexibility index (Phi) is 4.77. The molecule has 3 heterocycles. The Balaban J connectivity index is 1.73. The minimum absolute atomic E-state index is 0.129. The largest absolute Gasteiger partial charge is 0.347 e. The number of rotatable bonds is 6. The van der Waals surface area contributed by atoms with E-state index in [0.717, 1.165) is 5.69 Å². The maximum Gasteiger partial charge on any atom is 0.226 e. The van der Waals surface area contributed by atoms with Gasteiger partial charge in [0, 0.05) is 17.5 Å². The van der Waals surface area contributed by atoms with Gasteiger partial charge in [-0.1, -0.05) is 22.4 Å². The van der Waals surface area contributed by atoms with Crippen LogP contribution < -0.4 is 5.32 Å². The highest BCUT2D eigenvalue weighted by Crippen LogP contribution is 2.20. The summed E-state index contributed by atoms with van der Waals surface area (Å²) in [5.41, 5.74) is 2.02. The number of aryl methyl sites for hydroxylation is 1. The van der Waals surface area contributed by atoms with Crippen LogP contribution in [0.1, 0.15) is 28.0 Å². The molecule has 1 N–H and O–H groups in total. The molecule has 1 atom stereocenters. The maximum absolute atomic E-state index is 12.3. The van der Waals surface area contributed by atoms with E-state index in [1.54, 1.807) is 24.5 Å². The fourth-order valence-electron chi connectivity index (χ4n) is 2.25. The number of pyridine rings is 1. The Morgan fingerprint density at radius 1 is 1.30 bits per heavy atom. The second-order valence-electron chi connectivity index (χ2n) is 5.13. The van der Waals surface area contributed by atoms with Crippen molar-refractivity contribution < 1.29 is 9.42 Å². The van der Waals surface area contributed by atoms with E-state index in [1.807, 2.05) is 29.6 Å². The lowest BCUT2D eigenvalue weighted by molar-refractivity contribution is -0.121. The highest BCUT2D eigenvalue weighted by molar-refractivity contribution is 7.09. The lowest BCUT2D eigenvalue weighted by Crippen LogP contribution is -2.31.